The number of hydrogen-bond donors (Lipinski definition) is 1. The predicted octanol–water partition coefficient (Wildman–Crippen LogP) is 3.15. The number of hydrogen-bond acceptors (Lipinski definition) is 4. The minimum Gasteiger partial charge on any atom is -0.389 e. The van der Waals surface area contributed by atoms with Crippen LogP contribution in [0, 0.1) is 17.8 Å². The Morgan fingerprint density at radius 1 is 0.893 bits per heavy atom. The van der Waals surface area contributed by atoms with Crippen molar-refractivity contribution in [3.05, 3.63) is 35.9 Å². The van der Waals surface area contributed by atoms with E-state index in [4.69, 9.17) is 4.74 Å². The van der Waals surface area contributed by atoms with Crippen molar-refractivity contribution < 1.29 is 9.84 Å². The van der Waals surface area contributed by atoms with Gasteiger partial charge in [0.05, 0.1) is 18.3 Å². The number of nitrogens with zero attached hydrogens (tertiary/aromatic N) is 2. The summed E-state index contributed by atoms with van der Waals surface area (Å²) in [6.07, 6.45) is 7.74. The van der Waals surface area contributed by atoms with Gasteiger partial charge in [-0.15, -0.1) is 0 Å². The summed E-state index contributed by atoms with van der Waals surface area (Å²) in [5.74, 6) is 2.71. The number of aliphatic hydroxyl groups excluding tert-OH is 1. The summed E-state index contributed by atoms with van der Waals surface area (Å²) >= 11 is 0. The maximum absolute atomic E-state index is 10.6. The fourth-order valence-corrected chi connectivity index (χ4v) is 6.80. The van der Waals surface area contributed by atoms with Crippen LogP contribution in [-0.2, 0) is 11.3 Å². The monoisotopic (exact) mass is 384 g/mol. The maximum Gasteiger partial charge on any atom is 0.0900 e. The molecule has 4 bridgehead atoms. The number of aliphatic hydroxyl groups is 1. The molecule has 5 fully saturated rings. The van der Waals surface area contributed by atoms with E-state index in [9.17, 15) is 5.11 Å². The largest absolute Gasteiger partial charge is 0.389 e. The highest BCUT2D eigenvalue weighted by Crippen LogP contribution is 2.57. The highest BCUT2D eigenvalue weighted by atomic mass is 16.5. The molecule has 154 valence electrons. The lowest BCUT2D eigenvalue weighted by Gasteiger charge is -2.56. The minimum absolute atomic E-state index is 0.115. The average Bonchev–Trinajstić information content (AvgIpc) is 2.68. The van der Waals surface area contributed by atoms with Crippen LogP contribution in [0.5, 0.6) is 0 Å². The van der Waals surface area contributed by atoms with Gasteiger partial charge in [-0.1, -0.05) is 30.3 Å². The molecule has 4 nitrogen and oxygen atoms in total. The summed E-state index contributed by atoms with van der Waals surface area (Å²) < 4.78 is 6.46. The standard InChI is InChI=1S/C24H36N2O2/c27-23(18-28-24-13-20-10-21(14-24)12-22(11-20)15-24)17-26-8-6-25(7-9-26)16-19-4-2-1-3-5-19/h1-5,20-23,27H,6-18H2/t20?,21?,22?,23-,24?/m1/s1. The van der Waals surface area contributed by atoms with Gasteiger partial charge < -0.3 is 9.84 Å². The van der Waals surface area contributed by atoms with Gasteiger partial charge in [0, 0.05) is 39.3 Å². The molecule has 4 aliphatic carbocycles. The number of ether oxygens (including phenoxy) is 1. The second-order valence-corrected chi connectivity index (χ2v) is 10.1. The highest BCUT2D eigenvalue weighted by molar-refractivity contribution is 5.14. The van der Waals surface area contributed by atoms with Gasteiger partial charge in [0.1, 0.15) is 0 Å². The smallest absolute Gasteiger partial charge is 0.0900 e. The van der Waals surface area contributed by atoms with E-state index in [-0.39, 0.29) is 11.7 Å². The van der Waals surface area contributed by atoms with Crippen LogP contribution < -0.4 is 0 Å². The first kappa shape index (κ1) is 19.0. The van der Waals surface area contributed by atoms with Crippen molar-refractivity contribution in [1.82, 2.24) is 9.80 Å². The van der Waals surface area contributed by atoms with E-state index in [0.717, 1.165) is 57.0 Å². The molecule has 0 unspecified atom stereocenters. The molecule has 5 aliphatic rings. The first-order valence-corrected chi connectivity index (χ1v) is 11.5. The lowest BCUT2D eigenvalue weighted by Crippen LogP contribution is -2.53. The van der Waals surface area contributed by atoms with Crippen molar-refractivity contribution in [2.24, 2.45) is 17.8 Å². The van der Waals surface area contributed by atoms with Crippen molar-refractivity contribution in [2.75, 3.05) is 39.3 Å². The Morgan fingerprint density at radius 2 is 1.46 bits per heavy atom. The Hall–Kier alpha value is -0.940. The first-order chi connectivity index (χ1) is 13.7. The molecule has 0 amide bonds. The van der Waals surface area contributed by atoms with Crippen molar-refractivity contribution in [1.29, 1.82) is 0 Å². The third kappa shape index (κ3) is 4.30. The number of piperazine rings is 1. The van der Waals surface area contributed by atoms with Crippen LogP contribution in [0.1, 0.15) is 44.1 Å². The molecule has 4 heteroatoms. The molecule has 1 heterocycles. The molecule has 1 aliphatic heterocycles. The van der Waals surface area contributed by atoms with Crippen LogP contribution >= 0.6 is 0 Å². The fourth-order valence-electron chi connectivity index (χ4n) is 6.80. The van der Waals surface area contributed by atoms with Gasteiger partial charge in [-0.25, -0.2) is 0 Å². The molecule has 0 aromatic heterocycles. The molecule has 0 spiro atoms. The van der Waals surface area contributed by atoms with E-state index < -0.39 is 0 Å². The number of benzene rings is 1. The molecule has 0 radical (unpaired) electrons. The summed E-state index contributed by atoms with van der Waals surface area (Å²) in [5.41, 5.74) is 1.50. The zero-order valence-corrected chi connectivity index (χ0v) is 17.1. The molecule has 6 rings (SSSR count). The fraction of sp³-hybridized carbons (Fsp3) is 0.750. The van der Waals surface area contributed by atoms with Crippen molar-refractivity contribution in [3.63, 3.8) is 0 Å². The Bertz CT molecular complexity index is 606. The van der Waals surface area contributed by atoms with E-state index in [2.05, 4.69) is 40.1 Å². The zero-order valence-electron chi connectivity index (χ0n) is 17.1. The van der Waals surface area contributed by atoms with E-state index in [0.29, 0.717) is 6.61 Å². The van der Waals surface area contributed by atoms with Gasteiger partial charge in [0.2, 0.25) is 0 Å². The third-order valence-electron chi connectivity index (χ3n) is 7.75. The van der Waals surface area contributed by atoms with Crippen molar-refractivity contribution in [2.45, 2.75) is 56.8 Å². The van der Waals surface area contributed by atoms with Crippen molar-refractivity contribution in [3.8, 4) is 0 Å². The molecule has 1 saturated heterocycles. The Morgan fingerprint density at radius 3 is 2.07 bits per heavy atom. The average molecular weight is 385 g/mol. The van der Waals surface area contributed by atoms with Crippen LogP contribution in [0.2, 0.25) is 0 Å². The molecule has 1 atom stereocenters. The van der Waals surface area contributed by atoms with Crippen LogP contribution in [-0.4, -0.2) is 65.9 Å². The summed E-state index contributed by atoms with van der Waals surface area (Å²) in [6.45, 7) is 6.56. The molecular weight excluding hydrogens is 348 g/mol. The highest BCUT2D eigenvalue weighted by Gasteiger charge is 2.51. The van der Waals surface area contributed by atoms with E-state index in [1.165, 1.54) is 44.1 Å². The van der Waals surface area contributed by atoms with Crippen LogP contribution in [0.3, 0.4) is 0 Å². The summed E-state index contributed by atoms with van der Waals surface area (Å²) in [7, 11) is 0. The third-order valence-corrected chi connectivity index (χ3v) is 7.75. The normalized spacial score (nSPS) is 36.7. The Kier molecular flexibility index (Phi) is 5.48. The van der Waals surface area contributed by atoms with Crippen LogP contribution in [0.25, 0.3) is 0 Å². The van der Waals surface area contributed by atoms with Crippen molar-refractivity contribution >= 4 is 0 Å². The van der Waals surface area contributed by atoms with E-state index in [1.54, 1.807) is 0 Å². The first-order valence-electron chi connectivity index (χ1n) is 11.5. The second kappa shape index (κ2) is 8.06. The van der Waals surface area contributed by atoms with Gasteiger partial charge in [-0.05, 0) is 61.8 Å². The summed E-state index contributed by atoms with van der Waals surface area (Å²) in [5, 5.41) is 10.6. The second-order valence-electron chi connectivity index (χ2n) is 10.1. The molecule has 1 N–H and O–H groups in total. The van der Waals surface area contributed by atoms with E-state index in [1.807, 2.05) is 0 Å². The SMILES string of the molecule is O[C@@H](COC12CC3CC(CC(C3)C1)C2)CN1CCN(Cc2ccccc2)CC1. The van der Waals surface area contributed by atoms with Gasteiger partial charge in [0.15, 0.2) is 0 Å². The quantitative estimate of drug-likeness (QED) is 0.783. The van der Waals surface area contributed by atoms with Crippen LogP contribution in [0.4, 0.5) is 0 Å². The molecule has 28 heavy (non-hydrogen) atoms. The molecule has 4 saturated carbocycles. The topological polar surface area (TPSA) is 35.9 Å². The zero-order chi connectivity index (χ0) is 19.0. The van der Waals surface area contributed by atoms with Gasteiger partial charge >= 0.3 is 0 Å². The molecular formula is C24H36N2O2. The van der Waals surface area contributed by atoms with Gasteiger partial charge in [-0.3, -0.25) is 9.80 Å². The Balaban J connectivity index is 1.05. The number of β-amino-alcohol motifs (C(OH)–C–C–N with tert-alkyl or cyclic N) is 1. The molecule has 1 aromatic rings. The lowest BCUT2D eigenvalue weighted by molar-refractivity contribution is -0.176. The lowest BCUT2D eigenvalue weighted by atomic mass is 9.54. The number of rotatable bonds is 7. The minimum atomic E-state index is -0.353. The van der Waals surface area contributed by atoms with Gasteiger partial charge in [0.25, 0.3) is 0 Å². The maximum atomic E-state index is 10.6. The molecule has 1 aromatic carbocycles. The predicted molar refractivity (Wildman–Crippen MR) is 111 cm³/mol. The van der Waals surface area contributed by atoms with Gasteiger partial charge in [-0.2, -0.15) is 0 Å². The van der Waals surface area contributed by atoms with E-state index >= 15 is 0 Å². The summed E-state index contributed by atoms with van der Waals surface area (Å²) in [4.78, 5) is 4.93. The Labute approximate surface area is 169 Å². The van der Waals surface area contributed by atoms with Crippen LogP contribution in [0.15, 0.2) is 30.3 Å². The summed E-state index contributed by atoms with van der Waals surface area (Å²) in [6, 6.07) is 10.7.